The first-order valence-electron chi connectivity index (χ1n) is 6.06. The van der Waals surface area contributed by atoms with E-state index in [-0.39, 0.29) is 20.8 Å². The van der Waals surface area contributed by atoms with Gasteiger partial charge in [-0.3, -0.25) is 14.9 Å². The Morgan fingerprint density at radius 3 is 2.59 bits per heavy atom. The second kappa shape index (κ2) is 4.98. The zero-order valence-corrected chi connectivity index (χ0v) is 11.7. The average Bonchev–Trinajstić information content (AvgIpc) is 2.88. The zero-order valence-electron chi connectivity index (χ0n) is 10.9. The lowest BCUT2D eigenvalue weighted by atomic mass is 10.0. The van der Waals surface area contributed by atoms with Gasteiger partial charge in [-0.25, -0.2) is 0 Å². The van der Waals surface area contributed by atoms with Gasteiger partial charge >= 0.3 is 5.00 Å². The number of hydrogen-bond acceptors (Lipinski definition) is 6. The van der Waals surface area contributed by atoms with E-state index in [1.54, 1.807) is 36.4 Å². The minimum Gasteiger partial charge on any atom is -0.506 e. The summed E-state index contributed by atoms with van der Waals surface area (Å²) in [4.78, 5) is 25.0. The number of aromatic nitrogens is 1. The summed E-state index contributed by atoms with van der Waals surface area (Å²) in [5, 5.41) is 30.4. The van der Waals surface area contributed by atoms with Gasteiger partial charge in [0.2, 0.25) is 0 Å². The van der Waals surface area contributed by atoms with E-state index in [9.17, 15) is 20.0 Å². The second-order valence-corrected chi connectivity index (χ2v) is 5.40. The minimum atomic E-state index is -0.775. The maximum atomic E-state index is 11.7. The third-order valence-corrected chi connectivity index (χ3v) is 4.21. The third kappa shape index (κ3) is 1.92. The highest BCUT2D eigenvalue weighted by Crippen LogP contribution is 2.46. The fourth-order valence-electron chi connectivity index (χ4n) is 2.24. The first-order valence-corrected chi connectivity index (χ1v) is 6.88. The standard InChI is InChI=1S/C14H7N3O4S/c15-6-8-11(18)10-9(7-4-2-1-3-5-7)14(17(20)21)22-13(10)16-12(8)19/h1-5H,(H2,16,18,19). The molecule has 0 radical (unpaired) electrons. The molecule has 22 heavy (non-hydrogen) atoms. The number of nitrogens with zero attached hydrogens (tertiary/aromatic N) is 2. The van der Waals surface area contributed by atoms with Crippen molar-refractivity contribution in [2.45, 2.75) is 0 Å². The summed E-state index contributed by atoms with van der Waals surface area (Å²) in [5.41, 5.74) is -0.525. The first-order chi connectivity index (χ1) is 10.5. The van der Waals surface area contributed by atoms with Crippen molar-refractivity contribution in [3.05, 3.63) is 56.4 Å². The number of nitrogens with one attached hydrogen (secondary N) is 1. The molecule has 0 fully saturated rings. The molecule has 0 aliphatic carbocycles. The molecular weight excluding hydrogens is 306 g/mol. The van der Waals surface area contributed by atoms with Crippen LogP contribution in [0, 0.1) is 21.4 Å². The Kier molecular flexibility index (Phi) is 3.12. The smallest absolute Gasteiger partial charge is 0.334 e. The number of benzene rings is 1. The molecule has 2 heterocycles. The van der Waals surface area contributed by atoms with Crippen LogP contribution in [-0.2, 0) is 0 Å². The van der Waals surface area contributed by atoms with Gasteiger partial charge in [0, 0.05) is 0 Å². The van der Waals surface area contributed by atoms with Gasteiger partial charge in [0.05, 0.1) is 15.9 Å². The summed E-state index contributed by atoms with van der Waals surface area (Å²) < 4.78 is 0. The lowest BCUT2D eigenvalue weighted by Crippen LogP contribution is -2.09. The molecule has 7 nitrogen and oxygen atoms in total. The molecule has 0 bridgehead atoms. The molecule has 2 aromatic heterocycles. The fraction of sp³-hybridized carbons (Fsp3) is 0. The summed E-state index contributed by atoms with van der Waals surface area (Å²) in [6.07, 6.45) is 0. The highest BCUT2D eigenvalue weighted by molar-refractivity contribution is 7.22. The van der Waals surface area contributed by atoms with Crippen molar-refractivity contribution in [1.29, 1.82) is 5.26 Å². The Bertz CT molecular complexity index is 999. The van der Waals surface area contributed by atoms with Crippen molar-refractivity contribution < 1.29 is 10.0 Å². The summed E-state index contributed by atoms with van der Waals surface area (Å²) in [6.45, 7) is 0. The van der Waals surface area contributed by atoms with Crippen LogP contribution in [0.25, 0.3) is 21.3 Å². The van der Waals surface area contributed by atoms with Crippen molar-refractivity contribution in [3.8, 4) is 22.9 Å². The number of aromatic hydroxyl groups is 1. The minimum absolute atomic E-state index is 0.110. The van der Waals surface area contributed by atoms with Crippen molar-refractivity contribution in [2.75, 3.05) is 0 Å². The van der Waals surface area contributed by atoms with Gasteiger partial charge in [-0.2, -0.15) is 5.26 Å². The molecule has 0 spiro atoms. The largest absolute Gasteiger partial charge is 0.506 e. The number of fused-ring (bicyclic) bond motifs is 1. The molecule has 0 aliphatic rings. The summed E-state index contributed by atoms with van der Waals surface area (Å²) in [7, 11) is 0. The molecule has 2 N–H and O–H groups in total. The van der Waals surface area contributed by atoms with Gasteiger partial charge in [-0.1, -0.05) is 30.3 Å². The second-order valence-electron chi connectivity index (χ2n) is 4.40. The Morgan fingerprint density at radius 2 is 2.00 bits per heavy atom. The van der Waals surface area contributed by atoms with Gasteiger partial charge in [0.25, 0.3) is 5.56 Å². The first kappa shape index (κ1) is 13.8. The van der Waals surface area contributed by atoms with Crippen molar-refractivity contribution in [1.82, 2.24) is 4.98 Å². The number of hydrogen-bond donors (Lipinski definition) is 2. The number of nitro groups is 1. The molecule has 3 aromatic rings. The summed E-state index contributed by atoms with van der Waals surface area (Å²) in [6, 6.07) is 10.1. The van der Waals surface area contributed by atoms with Gasteiger partial charge in [-0.15, -0.1) is 0 Å². The Labute approximate surface area is 126 Å². The maximum absolute atomic E-state index is 11.7. The lowest BCUT2D eigenvalue weighted by molar-refractivity contribution is -0.379. The predicted octanol–water partition coefficient (Wildman–Crippen LogP) is 2.74. The van der Waals surface area contributed by atoms with E-state index >= 15 is 0 Å². The lowest BCUT2D eigenvalue weighted by Gasteiger charge is -2.02. The van der Waals surface area contributed by atoms with E-state index in [0.29, 0.717) is 5.56 Å². The Hall–Kier alpha value is -3.18. The molecule has 0 saturated heterocycles. The number of nitriles is 1. The van der Waals surface area contributed by atoms with Gasteiger partial charge in [0.1, 0.15) is 16.6 Å². The van der Waals surface area contributed by atoms with Gasteiger partial charge in [0.15, 0.2) is 5.56 Å². The van der Waals surface area contributed by atoms with Crippen LogP contribution in [0.2, 0.25) is 0 Å². The number of rotatable bonds is 2. The number of H-pyrrole nitrogens is 1. The fourth-order valence-corrected chi connectivity index (χ4v) is 3.27. The molecule has 1 aromatic carbocycles. The van der Waals surface area contributed by atoms with E-state index in [0.717, 1.165) is 11.3 Å². The molecule has 0 aliphatic heterocycles. The van der Waals surface area contributed by atoms with E-state index < -0.39 is 21.8 Å². The highest BCUT2D eigenvalue weighted by Gasteiger charge is 2.27. The predicted molar refractivity (Wildman–Crippen MR) is 80.9 cm³/mol. The van der Waals surface area contributed by atoms with E-state index in [2.05, 4.69) is 4.98 Å². The molecule has 108 valence electrons. The molecule has 0 saturated carbocycles. The van der Waals surface area contributed by atoms with Crippen molar-refractivity contribution in [3.63, 3.8) is 0 Å². The van der Waals surface area contributed by atoms with Gasteiger partial charge < -0.3 is 10.1 Å². The van der Waals surface area contributed by atoms with Crippen LogP contribution in [-0.4, -0.2) is 15.0 Å². The topological polar surface area (TPSA) is 120 Å². The number of aromatic amines is 1. The van der Waals surface area contributed by atoms with E-state index in [1.165, 1.54) is 0 Å². The SMILES string of the molecule is N#Cc1c(O)c2c(-c3ccccc3)c([N+](=O)[O-])sc2[nH]c1=O. The third-order valence-electron chi connectivity index (χ3n) is 3.16. The van der Waals surface area contributed by atoms with Crippen molar-refractivity contribution >= 4 is 26.6 Å². The van der Waals surface area contributed by atoms with Crippen LogP contribution in [0.4, 0.5) is 5.00 Å². The number of thiophene rings is 1. The Balaban J connectivity index is 2.53. The Morgan fingerprint density at radius 1 is 1.32 bits per heavy atom. The summed E-state index contributed by atoms with van der Waals surface area (Å²) >= 11 is 0.750. The number of pyridine rings is 1. The normalized spacial score (nSPS) is 10.5. The summed E-state index contributed by atoms with van der Waals surface area (Å²) in [5.74, 6) is -0.538. The maximum Gasteiger partial charge on any atom is 0.334 e. The van der Waals surface area contributed by atoms with Crippen LogP contribution >= 0.6 is 11.3 Å². The monoisotopic (exact) mass is 313 g/mol. The average molecular weight is 313 g/mol. The molecule has 3 rings (SSSR count). The molecule has 8 heteroatoms. The van der Waals surface area contributed by atoms with Gasteiger partial charge in [-0.05, 0) is 16.9 Å². The quantitative estimate of drug-likeness (QED) is 0.556. The van der Waals surface area contributed by atoms with Crippen molar-refractivity contribution in [2.24, 2.45) is 0 Å². The van der Waals surface area contributed by atoms with Crippen LogP contribution in [0.3, 0.4) is 0 Å². The van der Waals surface area contributed by atoms with E-state index in [1.807, 2.05) is 0 Å². The molecule has 0 amide bonds. The highest BCUT2D eigenvalue weighted by atomic mass is 32.1. The zero-order chi connectivity index (χ0) is 15.9. The van der Waals surface area contributed by atoms with Crippen LogP contribution < -0.4 is 5.56 Å². The molecule has 0 atom stereocenters. The van der Waals surface area contributed by atoms with Crippen LogP contribution in [0.1, 0.15) is 5.56 Å². The van der Waals surface area contributed by atoms with E-state index in [4.69, 9.17) is 5.26 Å². The molecule has 0 unspecified atom stereocenters. The molecular formula is C14H7N3O4S. The van der Waals surface area contributed by atoms with Crippen LogP contribution in [0.5, 0.6) is 5.75 Å². The van der Waals surface area contributed by atoms with Crippen LogP contribution in [0.15, 0.2) is 35.1 Å².